The fourth-order valence-corrected chi connectivity index (χ4v) is 1.59. The van der Waals surface area contributed by atoms with E-state index in [1.165, 1.54) is 12.8 Å². The lowest BCUT2D eigenvalue weighted by atomic mass is 10.0. The summed E-state index contributed by atoms with van der Waals surface area (Å²) in [6.45, 7) is 2.18. The topological polar surface area (TPSA) is 32.3 Å². The molecule has 1 aromatic rings. The molecule has 1 atom stereocenters. The van der Waals surface area contributed by atoms with E-state index >= 15 is 0 Å². The number of hydroxylamine groups is 1. The van der Waals surface area contributed by atoms with Gasteiger partial charge in [0, 0.05) is 0 Å². The number of hydrogen-bond acceptors (Lipinski definition) is 2. The van der Waals surface area contributed by atoms with E-state index in [4.69, 9.17) is 5.21 Å². The summed E-state index contributed by atoms with van der Waals surface area (Å²) in [6.07, 6.45) is 4.59. The predicted molar refractivity (Wildman–Crippen MR) is 58.2 cm³/mol. The van der Waals surface area contributed by atoms with Crippen molar-refractivity contribution < 1.29 is 5.21 Å². The standard InChI is InChI=1S/C12H19NO/c1-2-3-5-10-12(13-14)11-8-6-4-7-9-11/h4,6-9,12-14H,2-3,5,10H2,1H3. The highest BCUT2D eigenvalue weighted by atomic mass is 16.5. The maximum atomic E-state index is 9.03. The third-order valence-corrected chi connectivity index (χ3v) is 2.45. The maximum absolute atomic E-state index is 9.03. The van der Waals surface area contributed by atoms with E-state index in [-0.39, 0.29) is 6.04 Å². The molecule has 2 heteroatoms. The molecule has 0 heterocycles. The van der Waals surface area contributed by atoms with Crippen molar-refractivity contribution in [1.82, 2.24) is 5.48 Å². The number of unbranched alkanes of at least 4 members (excludes halogenated alkanes) is 2. The first-order valence-electron chi connectivity index (χ1n) is 5.33. The Morgan fingerprint density at radius 1 is 1.21 bits per heavy atom. The van der Waals surface area contributed by atoms with Gasteiger partial charge in [0.05, 0.1) is 6.04 Å². The first-order valence-corrected chi connectivity index (χ1v) is 5.33. The summed E-state index contributed by atoms with van der Waals surface area (Å²) in [7, 11) is 0. The second kappa shape index (κ2) is 6.57. The highest BCUT2D eigenvalue weighted by Gasteiger charge is 2.08. The van der Waals surface area contributed by atoms with Gasteiger partial charge in [0.25, 0.3) is 0 Å². The van der Waals surface area contributed by atoms with Crippen LogP contribution in [0.3, 0.4) is 0 Å². The summed E-state index contributed by atoms with van der Waals surface area (Å²) in [5, 5.41) is 9.03. The lowest BCUT2D eigenvalue weighted by Gasteiger charge is -2.14. The van der Waals surface area contributed by atoms with Crippen molar-refractivity contribution in [3.63, 3.8) is 0 Å². The van der Waals surface area contributed by atoms with Crippen LogP contribution >= 0.6 is 0 Å². The second-order valence-electron chi connectivity index (χ2n) is 3.59. The second-order valence-corrected chi connectivity index (χ2v) is 3.59. The zero-order chi connectivity index (χ0) is 10.2. The summed E-state index contributed by atoms with van der Waals surface area (Å²) in [6, 6.07) is 10.2. The van der Waals surface area contributed by atoms with Gasteiger partial charge in [-0.05, 0) is 12.0 Å². The highest BCUT2D eigenvalue weighted by Crippen LogP contribution is 2.18. The molecule has 1 unspecified atom stereocenters. The molecule has 0 spiro atoms. The zero-order valence-corrected chi connectivity index (χ0v) is 8.74. The van der Waals surface area contributed by atoms with Crippen molar-refractivity contribution in [1.29, 1.82) is 0 Å². The molecule has 2 nitrogen and oxygen atoms in total. The Kier molecular flexibility index (Phi) is 5.27. The van der Waals surface area contributed by atoms with E-state index in [0.717, 1.165) is 18.4 Å². The van der Waals surface area contributed by atoms with Crippen LogP contribution in [0.2, 0.25) is 0 Å². The minimum absolute atomic E-state index is 0.0859. The fraction of sp³-hybridized carbons (Fsp3) is 0.500. The van der Waals surface area contributed by atoms with Crippen LogP contribution in [0.4, 0.5) is 0 Å². The molecule has 0 bridgehead atoms. The predicted octanol–water partition coefficient (Wildman–Crippen LogP) is 3.29. The zero-order valence-electron chi connectivity index (χ0n) is 8.74. The fourth-order valence-electron chi connectivity index (χ4n) is 1.59. The molecule has 0 aliphatic rings. The number of rotatable bonds is 6. The molecule has 78 valence electrons. The average molecular weight is 193 g/mol. The van der Waals surface area contributed by atoms with E-state index in [0.29, 0.717) is 0 Å². The molecule has 0 radical (unpaired) electrons. The molecule has 0 saturated heterocycles. The number of hydrogen-bond donors (Lipinski definition) is 2. The minimum atomic E-state index is 0.0859. The van der Waals surface area contributed by atoms with E-state index in [1.807, 2.05) is 30.3 Å². The molecule has 0 saturated carbocycles. The van der Waals surface area contributed by atoms with Crippen LogP contribution < -0.4 is 5.48 Å². The number of benzene rings is 1. The quantitative estimate of drug-likeness (QED) is 0.536. The van der Waals surface area contributed by atoms with Crippen LogP contribution in [0.5, 0.6) is 0 Å². The average Bonchev–Trinajstić information content (AvgIpc) is 2.26. The molecule has 0 aromatic heterocycles. The lowest BCUT2D eigenvalue weighted by Crippen LogP contribution is -2.16. The largest absolute Gasteiger partial charge is 0.316 e. The minimum Gasteiger partial charge on any atom is -0.316 e. The van der Waals surface area contributed by atoms with Crippen LogP contribution in [-0.4, -0.2) is 5.21 Å². The van der Waals surface area contributed by atoms with Gasteiger partial charge in [0.1, 0.15) is 0 Å². The molecule has 0 amide bonds. The van der Waals surface area contributed by atoms with E-state index in [1.54, 1.807) is 0 Å². The van der Waals surface area contributed by atoms with Crippen LogP contribution in [0, 0.1) is 0 Å². The molecule has 14 heavy (non-hydrogen) atoms. The molecular weight excluding hydrogens is 174 g/mol. The van der Waals surface area contributed by atoms with Gasteiger partial charge in [-0.3, -0.25) is 0 Å². The summed E-state index contributed by atoms with van der Waals surface area (Å²) >= 11 is 0. The van der Waals surface area contributed by atoms with Gasteiger partial charge in [0.15, 0.2) is 0 Å². The Labute approximate surface area is 85.9 Å². The van der Waals surface area contributed by atoms with Gasteiger partial charge >= 0.3 is 0 Å². The van der Waals surface area contributed by atoms with Crippen LogP contribution in [-0.2, 0) is 0 Å². The SMILES string of the molecule is CCCCCC(NO)c1ccccc1. The van der Waals surface area contributed by atoms with Crippen LogP contribution in [0.1, 0.15) is 44.2 Å². The Morgan fingerprint density at radius 3 is 2.50 bits per heavy atom. The van der Waals surface area contributed by atoms with Gasteiger partial charge in [-0.1, -0.05) is 56.5 Å². The summed E-state index contributed by atoms with van der Waals surface area (Å²) in [5.41, 5.74) is 3.54. The van der Waals surface area contributed by atoms with Gasteiger partial charge in [-0.15, -0.1) is 0 Å². The molecular formula is C12H19NO. The van der Waals surface area contributed by atoms with E-state index in [9.17, 15) is 0 Å². The van der Waals surface area contributed by atoms with Crippen molar-refractivity contribution in [3.05, 3.63) is 35.9 Å². The van der Waals surface area contributed by atoms with Crippen LogP contribution in [0.25, 0.3) is 0 Å². The van der Waals surface area contributed by atoms with Crippen molar-refractivity contribution >= 4 is 0 Å². The van der Waals surface area contributed by atoms with Crippen molar-refractivity contribution in [3.8, 4) is 0 Å². The summed E-state index contributed by atoms with van der Waals surface area (Å²) in [5.74, 6) is 0. The van der Waals surface area contributed by atoms with Crippen molar-refractivity contribution in [2.24, 2.45) is 0 Å². The van der Waals surface area contributed by atoms with E-state index in [2.05, 4.69) is 12.4 Å². The summed E-state index contributed by atoms with van der Waals surface area (Å²) in [4.78, 5) is 0. The van der Waals surface area contributed by atoms with Gasteiger partial charge < -0.3 is 5.21 Å². The van der Waals surface area contributed by atoms with Gasteiger partial charge in [0.2, 0.25) is 0 Å². The number of nitrogens with one attached hydrogen (secondary N) is 1. The first kappa shape index (κ1) is 11.2. The van der Waals surface area contributed by atoms with Gasteiger partial charge in [-0.2, -0.15) is 5.48 Å². The molecule has 2 N–H and O–H groups in total. The van der Waals surface area contributed by atoms with Crippen molar-refractivity contribution in [2.75, 3.05) is 0 Å². The monoisotopic (exact) mass is 193 g/mol. The third-order valence-electron chi connectivity index (χ3n) is 2.45. The Balaban J connectivity index is 2.46. The van der Waals surface area contributed by atoms with E-state index < -0.39 is 0 Å². The van der Waals surface area contributed by atoms with Crippen LogP contribution in [0.15, 0.2) is 30.3 Å². The summed E-state index contributed by atoms with van der Waals surface area (Å²) < 4.78 is 0. The molecule has 1 rings (SSSR count). The van der Waals surface area contributed by atoms with Gasteiger partial charge in [-0.25, -0.2) is 0 Å². The Hall–Kier alpha value is -0.860. The van der Waals surface area contributed by atoms with Crippen molar-refractivity contribution in [2.45, 2.75) is 38.6 Å². The Bertz CT molecular complexity index is 235. The third kappa shape index (κ3) is 3.48. The first-order chi connectivity index (χ1) is 6.88. The maximum Gasteiger partial charge on any atom is 0.0568 e. The molecule has 0 aliphatic heterocycles. The lowest BCUT2D eigenvalue weighted by molar-refractivity contribution is 0.120. The molecule has 0 aliphatic carbocycles. The Morgan fingerprint density at radius 2 is 1.93 bits per heavy atom. The smallest absolute Gasteiger partial charge is 0.0568 e. The normalized spacial score (nSPS) is 12.7. The molecule has 1 aromatic carbocycles. The highest BCUT2D eigenvalue weighted by molar-refractivity contribution is 5.18. The molecule has 0 fully saturated rings.